The van der Waals surface area contributed by atoms with Crippen LogP contribution in [0.15, 0.2) is 48.5 Å². The third kappa shape index (κ3) is 4.42. The van der Waals surface area contributed by atoms with Gasteiger partial charge >= 0.3 is 5.97 Å². The number of carbonyl (C=O) groups is 2. The molecule has 2 aromatic carbocycles. The zero-order valence-electron chi connectivity index (χ0n) is 13.2. The first-order chi connectivity index (χ1) is 11.0. The summed E-state index contributed by atoms with van der Waals surface area (Å²) in [7, 11) is 0. The average Bonchev–Trinajstić information content (AvgIpc) is 2.56. The Morgan fingerprint density at radius 2 is 1.83 bits per heavy atom. The van der Waals surface area contributed by atoms with Crippen molar-refractivity contribution in [1.82, 2.24) is 0 Å². The molecule has 0 aliphatic heterocycles. The number of hydrogen-bond donors (Lipinski definition) is 0. The van der Waals surface area contributed by atoms with Crippen LogP contribution < -0.4 is 4.74 Å². The van der Waals surface area contributed by atoms with E-state index in [0.717, 1.165) is 12.8 Å². The monoisotopic (exact) mass is 330 g/mol. The summed E-state index contributed by atoms with van der Waals surface area (Å²) in [4.78, 5) is 24.8. The zero-order valence-corrected chi connectivity index (χ0v) is 14.0. The summed E-state index contributed by atoms with van der Waals surface area (Å²) >= 11 is 6.00. The van der Waals surface area contributed by atoms with E-state index in [-0.39, 0.29) is 23.4 Å². The van der Waals surface area contributed by atoms with E-state index in [1.807, 2.05) is 19.9 Å². The highest BCUT2D eigenvalue weighted by molar-refractivity contribution is 6.31. The Bertz CT molecular complexity index is 695. The van der Waals surface area contributed by atoms with Crippen LogP contribution >= 0.6 is 11.6 Å². The van der Waals surface area contributed by atoms with Crippen molar-refractivity contribution in [3.05, 3.63) is 64.7 Å². The van der Waals surface area contributed by atoms with Gasteiger partial charge in [-0.2, -0.15) is 0 Å². The minimum absolute atomic E-state index is 0.213. The molecule has 1 atom stereocenters. The molecule has 0 aliphatic carbocycles. The molecular weight excluding hydrogens is 312 g/mol. The summed E-state index contributed by atoms with van der Waals surface area (Å²) in [5.74, 6) is -0.526. The van der Waals surface area contributed by atoms with E-state index in [1.54, 1.807) is 36.4 Å². The van der Waals surface area contributed by atoms with Crippen molar-refractivity contribution in [2.75, 3.05) is 0 Å². The first-order valence-electron chi connectivity index (χ1n) is 7.64. The maximum atomic E-state index is 12.6. The van der Waals surface area contributed by atoms with Gasteiger partial charge in [0.25, 0.3) is 0 Å². The third-order valence-corrected chi connectivity index (χ3v) is 3.79. The summed E-state index contributed by atoms with van der Waals surface area (Å²) in [6.45, 7) is 3.83. The molecule has 0 aliphatic rings. The van der Waals surface area contributed by atoms with Gasteiger partial charge in [0.2, 0.25) is 0 Å². The largest absolute Gasteiger partial charge is 0.426 e. The Kier molecular flexibility index (Phi) is 5.94. The Morgan fingerprint density at radius 3 is 2.48 bits per heavy atom. The first kappa shape index (κ1) is 17.2. The van der Waals surface area contributed by atoms with E-state index < -0.39 is 0 Å². The fourth-order valence-electron chi connectivity index (χ4n) is 2.27. The van der Waals surface area contributed by atoms with Crippen LogP contribution in [0.4, 0.5) is 0 Å². The smallest absolute Gasteiger partial charge is 0.314 e. The average molecular weight is 331 g/mol. The standard InChI is InChI=1S/C19H19ClO3/c1-3-7-13(2)19(22)23-17-11-10-15(20)12-16(17)18(21)14-8-5-4-6-9-14/h4-6,8-13H,3,7H2,1-2H3. The molecule has 0 radical (unpaired) electrons. The number of ether oxygens (including phenoxy) is 1. The van der Waals surface area contributed by atoms with Gasteiger partial charge in [-0.1, -0.05) is 62.2 Å². The second kappa shape index (κ2) is 7.93. The second-order valence-corrected chi connectivity index (χ2v) is 5.88. The molecular formula is C19H19ClO3. The van der Waals surface area contributed by atoms with Crippen molar-refractivity contribution in [2.24, 2.45) is 5.92 Å². The molecule has 0 spiro atoms. The Morgan fingerprint density at radius 1 is 1.13 bits per heavy atom. The number of esters is 1. The Labute approximate surface area is 141 Å². The molecule has 0 saturated carbocycles. The number of ketones is 1. The second-order valence-electron chi connectivity index (χ2n) is 5.45. The molecule has 2 aromatic rings. The van der Waals surface area contributed by atoms with Crippen molar-refractivity contribution < 1.29 is 14.3 Å². The molecule has 0 heterocycles. The quantitative estimate of drug-likeness (QED) is 0.429. The third-order valence-electron chi connectivity index (χ3n) is 3.56. The Balaban J connectivity index is 2.31. The molecule has 0 aromatic heterocycles. The molecule has 0 fully saturated rings. The molecule has 0 saturated heterocycles. The molecule has 23 heavy (non-hydrogen) atoms. The van der Waals surface area contributed by atoms with Crippen molar-refractivity contribution >= 4 is 23.4 Å². The van der Waals surface area contributed by atoms with Gasteiger partial charge < -0.3 is 4.74 Å². The maximum Gasteiger partial charge on any atom is 0.314 e. The lowest BCUT2D eigenvalue weighted by atomic mass is 10.0. The van der Waals surface area contributed by atoms with E-state index in [2.05, 4.69) is 0 Å². The highest BCUT2D eigenvalue weighted by Crippen LogP contribution is 2.26. The molecule has 2 rings (SSSR count). The van der Waals surface area contributed by atoms with Crippen molar-refractivity contribution in [3.8, 4) is 5.75 Å². The number of benzene rings is 2. The number of halogens is 1. The van der Waals surface area contributed by atoms with Crippen LogP contribution in [0.1, 0.15) is 42.6 Å². The SMILES string of the molecule is CCCC(C)C(=O)Oc1ccc(Cl)cc1C(=O)c1ccccc1. The summed E-state index contributed by atoms with van der Waals surface area (Å²) in [6.07, 6.45) is 1.64. The van der Waals surface area contributed by atoms with Gasteiger partial charge in [-0.15, -0.1) is 0 Å². The molecule has 120 valence electrons. The van der Waals surface area contributed by atoms with E-state index >= 15 is 0 Å². The minimum atomic E-state index is -0.337. The fraction of sp³-hybridized carbons (Fsp3) is 0.263. The van der Waals surface area contributed by atoms with Gasteiger partial charge in [0.05, 0.1) is 11.5 Å². The number of rotatable bonds is 6. The zero-order chi connectivity index (χ0) is 16.8. The number of carbonyl (C=O) groups excluding carboxylic acids is 2. The van der Waals surface area contributed by atoms with Crippen LogP contribution in [0.3, 0.4) is 0 Å². The van der Waals surface area contributed by atoms with Gasteiger partial charge in [0.15, 0.2) is 5.78 Å². The summed E-state index contributed by atoms with van der Waals surface area (Å²) in [6, 6.07) is 13.5. The summed E-state index contributed by atoms with van der Waals surface area (Å²) in [5, 5.41) is 0.422. The molecule has 4 heteroatoms. The topological polar surface area (TPSA) is 43.4 Å². The van der Waals surface area contributed by atoms with E-state index in [1.165, 1.54) is 6.07 Å². The van der Waals surface area contributed by atoms with E-state index in [4.69, 9.17) is 16.3 Å². The summed E-state index contributed by atoms with van der Waals surface area (Å²) < 4.78 is 5.44. The number of hydrogen-bond acceptors (Lipinski definition) is 3. The lowest BCUT2D eigenvalue weighted by Gasteiger charge is -2.13. The molecule has 0 bridgehead atoms. The highest BCUT2D eigenvalue weighted by atomic mass is 35.5. The van der Waals surface area contributed by atoms with E-state index in [0.29, 0.717) is 16.1 Å². The summed E-state index contributed by atoms with van der Waals surface area (Å²) in [5.41, 5.74) is 0.814. The molecule has 0 N–H and O–H groups in total. The Hall–Kier alpha value is -2.13. The highest BCUT2D eigenvalue weighted by Gasteiger charge is 2.20. The van der Waals surface area contributed by atoms with Crippen LogP contribution in [0.25, 0.3) is 0 Å². The van der Waals surface area contributed by atoms with Crippen LogP contribution in [-0.4, -0.2) is 11.8 Å². The predicted octanol–water partition coefficient (Wildman–Crippen LogP) is 4.91. The normalized spacial score (nSPS) is 11.8. The van der Waals surface area contributed by atoms with E-state index in [9.17, 15) is 9.59 Å². The molecule has 1 unspecified atom stereocenters. The lowest BCUT2D eigenvalue weighted by Crippen LogP contribution is -2.19. The minimum Gasteiger partial charge on any atom is -0.426 e. The van der Waals surface area contributed by atoms with Crippen LogP contribution in [0.5, 0.6) is 5.75 Å². The molecule has 3 nitrogen and oxygen atoms in total. The molecule has 0 amide bonds. The van der Waals surface area contributed by atoms with Crippen LogP contribution in [0.2, 0.25) is 5.02 Å². The van der Waals surface area contributed by atoms with Gasteiger partial charge in [-0.05, 0) is 24.6 Å². The fourth-order valence-corrected chi connectivity index (χ4v) is 2.45. The predicted molar refractivity (Wildman–Crippen MR) is 91.0 cm³/mol. The lowest BCUT2D eigenvalue weighted by molar-refractivity contribution is -0.138. The van der Waals surface area contributed by atoms with Gasteiger partial charge in [-0.25, -0.2) is 0 Å². The maximum absolute atomic E-state index is 12.6. The van der Waals surface area contributed by atoms with Crippen molar-refractivity contribution in [2.45, 2.75) is 26.7 Å². The van der Waals surface area contributed by atoms with Gasteiger partial charge in [0, 0.05) is 10.6 Å². The van der Waals surface area contributed by atoms with Gasteiger partial charge in [-0.3, -0.25) is 9.59 Å². The van der Waals surface area contributed by atoms with Crippen LogP contribution in [0, 0.1) is 5.92 Å². The van der Waals surface area contributed by atoms with Crippen molar-refractivity contribution in [1.29, 1.82) is 0 Å². The van der Waals surface area contributed by atoms with Crippen LogP contribution in [-0.2, 0) is 4.79 Å². The van der Waals surface area contributed by atoms with Crippen molar-refractivity contribution in [3.63, 3.8) is 0 Å². The van der Waals surface area contributed by atoms with Gasteiger partial charge in [0.1, 0.15) is 5.75 Å². The first-order valence-corrected chi connectivity index (χ1v) is 8.01.